The number of aromatic amines is 1. The molecule has 1 atom stereocenters. The van der Waals surface area contributed by atoms with E-state index >= 15 is 0 Å². The minimum absolute atomic E-state index is 0.143. The van der Waals surface area contributed by atoms with Gasteiger partial charge >= 0.3 is 6.03 Å². The molecule has 0 saturated heterocycles. The average Bonchev–Trinajstić information content (AvgIpc) is 3.38. The summed E-state index contributed by atoms with van der Waals surface area (Å²) in [6.45, 7) is 2.34. The number of carbonyl (C=O) groups excluding carboxylic acids is 1. The smallest absolute Gasteiger partial charge is 0.320 e. The quantitative estimate of drug-likeness (QED) is 0.468. The predicted octanol–water partition coefficient (Wildman–Crippen LogP) is 3.09. The van der Waals surface area contributed by atoms with Crippen LogP contribution in [0.5, 0.6) is 5.88 Å². The molecule has 0 aliphatic carbocycles. The van der Waals surface area contributed by atoms with Crippen LogP contribution in [0.4, 0.5) is 10.6 Å². The van der Waals surface area contributed by atoms with Crippen LogP contribution in [0.25, 0.3) is 10.9 Å². The van der Waals surface area contributed by atoms with Crippen molar-refractivity contribution in [1.82, 2.24) is 30.3 Å². The van der Waals surface area contributed by atoms with Gasteiger partial charge in [0.25, 0.3) is 0 Å². The number of amides is 2. The maximum atomic E-state index is 12.5. The second kappa shape index (κ2) is 8.01. The molecule has 9 heteroatoms. The van der Waals surface area contributed by atoms with Crippen molar-refractivity contribution in [3.8, 4) is 5.88 Å². The van der Waals surface area contributed by atoms with E-state index in [1.54, 1.807) is 24.1 Å². The van der Waals surface area contributed by atoms with Crippen LogP contribution in [-0.2, 0) is 6.54 Å². The van der Waals surface area contributed by atoms with Crippen LogP contribution in [0.3, 0.4) is 0 Å². The van der Waals surface area contributed by atoms with Crippen LogP contribution in [0.2, 0.25) is 0 Å². The number of aromatic nitrogens is 5. The maximum Gasteiger partial charge on any atom is 0.320 e. The van der Waals surface area contributed by atoms with Crippen LogP contribution in [-0.4, -0.2) is 38.1 Å². The van der Waals surface area contributed by atoms with Crippen LogP contribution >= 0.6 is 0 Å². The van der Waals surface area contributed by atoms with Crippen LogP contribution in [0.15, 0.2) is 54.9 Å². The van der Waals surface area contributed by atoms with E-state index < -0.39 is 0 Å². The lowest BCUT2D eigenvalue weighted by molar-refractivity contribution is 0.249. The Morgan fingerprint density at radius 2 is 2.10 bits per heavy atom. The lowest BCUT2D eigenvalue weighted by Gasteiger charge is -2.15. The third-order valence-electron chi connectivity index (χ3n) is 4.54. The van der Waals surface area contributed by atoms with E-state index in [0.29, 0.717) is 29.5 Å². The number of carbonyl (C=O) groups is 1. The second-order valence-corrected chi connectivity index (χ2v) is 6.54. The molecule has 0 unspecified atom stereocenters. The number of pyridine rings is 1. The topological polar surface area (TPSA) is 110 Å². The van der Waals surface area contributed by atoms with E-state index in [-0.39, 0.29) is 12.1 Å². The molecule has 9 nitrogen and oxygen atoms in total. The SMILES string of the molecule is COc1n[nH]c2cc(NC(=O)N[C@H](C)c3ccccc3)nc(Cn3cccn3)c12. The van der Waals surface area contributed by atoms with E-state index in [1.807, 2.05) is 49.5 Å². The molecule has 148 valence electrons. The number of H-pyrrole nitrogens is 1. The molecular formula is C20H21N7O2. The van der Waals surface area contributed by atoms with Crippen molar-refractivity contribution in [3.63, 3.8) is 0 Å². The molecule has 2 amide bonds. The molecule has 4 rings (SSSR count). The highest BCUT2D eigenvalue weighted by Gasteiger charge is 2.17. The molecule has 3 N–H and O–H groups in total. The van der Waals surface area contributed by atoms with E-state index in [1.165, 1.54) is 0 Å². The van der Waals surface area contributed by atoms with Gasteiger partial charge in [-0.3, -0.25) is 15.1 Å². The Labute approximate surface area is 167 Å². The van der Waals surface area contributed by atoms with Crippen LogP contribution in [0, 0.1) is 0 Å². The minimum atomic E-state index is -0.343. The summed E-state index contributed by atoms with van der Waals surface area (Å²) in [6, 6.07) is 12.8. The van der Waals surface area contributed by atoms with Gasteiger partial charge in [-0.05, 0) is 18.6 Å². The third-order valence-corrected chi connectivity index (χ3v) is 4.54. The molecule has 0 bridgehead atoms. The van der Waals surface area contributed by atoms with Gasteiger partial charge in [0.05, 0.1) is 36.3 Å². The fraction of sp³-hybridized carbons (Fsp3) is 0.200. The zero-order valence-electron chi connectivity index (χ0n) is 16.1. The number of anilines is 1. The highest BCUT2D eigenvalue weighted by molar-refractivity contribution is 5.93. The first-order valence-corrected chi connectivity index (χ1v) is 9.16. The van der Waals surface area contributed by atoms with Crippen LogP contribution < -0.4 is 15.4 Å². The fourth-order valence-electron chi connectivity index (χ4n) is 3.14. The Balaban J connectivity index is 1.58. The molecule has 3 heterocycles. The van der Waals surface area contributed by atoms with E-state index in [2.05, 4.69) is 30.9 Å². The van der Waals surface area contributed by atoms with Crippen LogP contribution in [0.1, 0.15) is 24.2 Å². The van der Waals surface area contributed by atoms with Crippen molar-refractivity contribution in [1.29, 1.82) is 0 Å². The van der Waals surface area contributed by atoms with Gasteiger partial charge in [-0.1, -0.05) is 30.3 Å². The molecular weight excluding hydrogens is 370 g/mol. The first-order valence-electron chi connectivity index (χ1n) is 9.16. The molecule has 3 aromatic heterocycles. The Morgan fingerprint density at radius 3 is 2.83 bits per heavy atom. The summed E-state index contributed by atoms with van der Waals surface area (Å²) in [7, 11) is 1.55. The Morgan fingerprint density at radius 1 is 1.28 bits per heavy atom. The number of fused-ring (bicyclic) bond motifs is 1. The summed E-state index contributed by atoms with van der Waals surface area (Å²) in [5.41, 5.74) is 2.41. The molecule has 0 radical (unpaired) electrons. The highest BCUT2D eigenvalue weighted by atomic mass is 16.5. The molecule has 0 fully saturated rings. The Kier molecular flexibility index (Phi) is 5.10. The third kappa shape index (κ3) is 4.03. The van der Waals surface area contributed by atoms with Crippen molar-refractivity contribution in [2.45, 2.75) is 19.5 Å². The monoisotopic (exact) mass is 391 g/mol. The lowest BCUT2D eigenvalue weighted by atomic mass is 10.1. The van der Waals surface area contributed by atoms with Crippen molar-refractivity contribution in [2.24, 2.45) is 0 Å². The fourth-order valence-corrected chi connectivity index (χ4v) is 3.14. The second-order valence-electron chi connectivity index (χ2n) is 6.54. The number of nitrogens with zero attached hydrogens (tertiary/aromatic N) is 4. The largest absolute Gasteiger partial charge is 0.479 e. The summed E-state index contributed by atoms with van der Waals surface area (Å²) < 4.78 is 7.08. The Hall–Kier alpha value is -3.88. The lowest BCUT2D eigenvalue weighted by Crippen LogP contribution is -2.31. The normalized spacial score (nSPS) is 11.9. The number of rotatable bonds is 6. The predicted molar refractivity (Wildman–Crippen MR) is 109 cm³/mol. The van der Waals surface area contributed by atoms with Gasteiger partial charge in [-0.25, -0.2) is 9.78 Å². The van der Waals surface area contributed by atoms with Gasteiger partial charge < -0.3 is 10.1 Å². The first-order chi connectivity index (χ1) is 14.1. The number of hydrogen-bond donors (Lipinski definition) is 3. The summed E-state index contributed by atoms with van der Waals surface area (Å²) >= 11 is 0. The summed E-state index contributed by atoms with van der Waals surface area (Å²) in [5.74, 6) is 0.854. The number of nitrogens with one attached hydrogen (secondary N) is 3. The Bertz CT molecular complexity index is 1110. The molecule has 0 saturated carbocycles. The van der Waals surface area contributed by atoms with Crippen molar-refractivity contribution in [2.75, 3.05) is 12.4 Å². The van der Waals surface area contributed by atoms with E-state index in [0.717, 1.165) is 10.9 Å². The average molecular weight is 391 g/mol. The highest BCUT2D eigenvalue weighted by Crippen LogP contribution is 2.28. The van der Waals surface area contributed by atoms with Gasteiger partial charge in [0.2, 0.25) is 5.88 Å². The zero-order valence-corrected chi connectivity index (χ0v) is 16.1. The van der Waals surface area contributed by atoms with Crippen molar-refractivity contribution >= 4 is 22.8 Å². The number of benzene rings is 1. The molecule has 0 spiro atoms. The maximum absolute atomic E-state index is 12.5. The number of urea groups is 1. The molecule has 0 aliphatic rings. The van der Waals surface area contributed by atoms with Gasteiger partial charge in [0.15, 0.2) is 0 Å². The molecule has 4 aromatic rings. The van der Waals surface area contributed by atoms with Gasteiger partial charge in [-0.15, -0.1) is 5.10 Å². The van der Waals surface area contributed by atoms with Gasteiger partial charge in [-0.2, -0.15) is 5.10 Å². The zero-order chi connectivity index (χ0) is 20.2. The molecule has 0 aliphatic heterocycles. The summed E-state index contributed by atoms with van der Waals surface area (Å²) in [4.78, 5) is 17.1. The van der Waals surface area contributed by atoms with Gasteiger partial charge in [0.1, 0.15) is 5.82 Å². The summed E-state index contributed by atoms with van der Waals surface area (Å²) in [5, 5.41) is 17.8. The summed E-state index contributed by atoms with van der Waals surface area (Å²) in [6.07, 6.45) is 3.54. The minimum Gasteiger partial charge on any atom is -0.479 e. The van der Waals surface area contributed by atoms with Gasteiger partial charge in [0, 0.05) is 18.5 Å². The molecule has 1 aromatic carbocycles. The number of methoxy groups -OCH3 is 1. The standard InChI is InChI=1S/C20H21N7O2/c1-13(14-7-4-3-5-8-14)22-20(28)24-17-11-15-18(19(29-2)26-25-15)16(23-17)12-27-10-6-9-21-27/h3-11,13H,12H2,1-2H3,(H,25,26)(H2,22,23,24,28)/t13-/m1/s1. The van der Waals surface area contributed by atoms with Crippen molar-refractivity contribution in [3.05, 3.63) is 66.1 Å². The number of ether oxygens (including phenoxy) is 1. The van der Waals surface area contributed by atoms with E-state index in [9.17, 15) is 4.79 Å². The number of hydrogen-bond acceptors (Lipinski definition) is 5. The van der Waals surface area contributed by atoms with Crippen molar-refractivity contribution < 1.29 is 9.53 Å². The molecule has 29 heavy (non-hydrogen) atoms. The van der Waals surface area contributed by atoms with E-state index in [4.69, 9.17) is 4.74 Å². The first kappa shape index (κ1) is 18.5.